The van der Waals surface area contributed by atoms with E-state index in [2.05, 4.69) is 20.4 Å². The van der Waals surface area contributed by atoms with Crippen LogP contribution in [0.4, 0.5) is 0 Å². The molecule has 1 saturated carbocycles. The minimum absolute atomic E-state index is 0.289. The summed E-state index contributed by atoms with van der Waals surface area (Å²) in [4.78, 5) is 28.3. The zero-order valence-electron chi connectivity index (χ0n) is 16.3. The predicted molar refractivity (Wildman–Crippen MR) is 109 cm³/mol. The molecule has 6 heteroatoms. The summed E-state index contributed by atoms with van der Waals surface area (Å²) in [7, 11) is 0. The number of rotatable bonds is 3. The van der Waals surface area contributed by atoms with E-state index >= 15 is 0 Å². The second-order valence-corrected chi connectivity index (χ2v) is 7.60. The number of amides is 2. The van der Waals surface area contributed by atoms with E-state index in [1.54, 1.807) is 6.20 Å². The van der Waals surface area contributed by atoms with Crippen molar-refractivity contribution in [1.29, 1.82) is 0 Å². The molecule has 1 aliphatic carbocycles. The number of nitrogens with one attached hydrogen (secondary N) is 3. The van der Waals surface area contributed by atoms with Crippen LogP contribution >= 0.6 is 0 Å². The van der Waals surface area contributed by atoms with E-state index in [0.29, 0.717) is 17.2 Å². The van der Waals surface area contributed by atoms with Crippen molar-refractivity contribution in [2.24, 2.45) is 0 Å². The third kappa shape index (κ3) is 3.30. The Bertz CT molecular complexity index is 1020. The van der Waals surface area contributed by atoms with Gasteiger partial charge >= 0.3 is 0 Å². The largest absolute Gasteiger partial charge is 0.360 e. The van der Waals surface area contributed by atoms with Crippen LogP contribution in [0.1, 0.15) is 70.2 Å². The first kappa shape index (κ1) is 18.3. The van der Waals surface area contributed by atoms with Gasteiger partial charge in [0.05, 0.1) is 11.1 Å². The molecule has 0 aliphatic heterocycles. The second kappa shape index (κ2) is 7.54. The Balaban J connectivity index is 1.47. The molecule has 2 heterocycles. The van der Waals surface area contributed by atoms with Crippen molar-refractivity contribution in [3.8, 4) is 0 Å². The third-order valence-corrected chi connectivity index (χ3v) is 5.79. The Hall–Kier alpha value is -3.02. The van der Waals surface area contributed by atoms with Crippen LogP contribution in [0.15, 0.2) is 36.5 Å². The zero-order valence-corrected chi connectivity index (χ0v) is 16.3. The van der Waals surface area contributed by atoms with E-state index in [0.717, 1.165) is 35.1 Å². The average molecular weight is 378 g/mol. The number of carbonyl (C=O) groups excluding carboxylic acids is 2. The Morgan fingerprint density at radius 2 is 1.68 bits per heavy atom. The molecular formula is C22H26N4O2. The summed E-state index contributed by atoms with van der Waals surface area (Å²) in [5.41, 5.74) is 9.17. The van der Waals surface area contributed by atoms with Crippen molar-refractivity contribution in [2.45, 2.75) is 52.0 Å². The summed E-state index contributed by atoms with van der Waals surface area (Å²) >= 11 is 0. The lowest BCUT2D eigenvalue weighted by molar-refractivity contribution is 0.0847. The van der Waals surface area contributed by atoms with Gasteiger partial charge in [-0.25, -0.2) is 0 Å². The lowest BCUT2D eigenvalue weighted by Crippen LogP contribution is -2.41. The Morgan fingerprint density at radius 3 is 2.43 bits per heavy atom. The molecule has 3 N–H and O–H groups in total. The molecule has 0 radical (unpaired) electrons. The van der Waals surface area contributed by atoms with Crippen molar-refractivity contribution in [2.75, 3.05) is 0 Å². The summed E-state index contributed by atoms with van der Waals surface area (Å²) < 4.78 is 2.29. The third-order valence-electron chi connectivity index (χ3n) is 5.79. The number of hydrogen-bond acceptors (Lipinski definition) is 2. The monoisotopic (exact) mass is 378 g/mol. The number of aromatic nitrogens is 2. The van der Waals surface area contributed by atoms with Gasteiger partial charge in [-0.2, -0.15) is 0 Å². The first-order chi connectivity index (χ1) is 13.6. The molecule has 0 bridgehead atoms. The van der Waals surface area contributed by atoms with Crippen LogP contribution in [-0.2, 0) is 0 Å². The molecule has 28 heavy (non-hydrogen) atoms. The number of benzene rings is 1. The van der Waals surface area contributed by atoms with Gasteiger partial charge in [0.2, 0.25) is 0 Å². The van der Waals surface area contributed by atoms with Gasteiger partial charge in [0.25, 0.3) is 11.8 Å². The molecule has 0 unspecified atom stereocenters. The van der Waals surface area contributed by atoms with Crippen LogP contribution in [0.3, 0.4) is 0 Å². The fraction of sp³-hybridized carbons (Fsp3) is 0.364. The van der Waals surface area contributed by atoms with E-state index < -0.39 is 0 Å². The second-order valence-electron chi connectivity index (χ2n) is 7.60. The molecule has 0 saturated heterocycles. The van der Waals surface area contributed by atoms with Crippen LogP contribution in [0.5, 0.6) is 0 Å². The lowest BCUT2D eigenvalue weighted by Gasteiger charge is -2.26. The van der Waals surface area contributed by atoms with Crippen molar-refractivity contribution >= 4 is 22.7 Å². The van der Waals surface area contributed by atoms with Crippen molar-refractivity contribution in [3.05, 3.63) is 59.0 Å². The number of fused-ring (bicyclic) bond motifs is 1. The number of para-hydroxylation sites is 1. The molecular weight excluding hydrogens is 352 g/mol. The maximum Gasteiger partial charge on any atom is 0.271 e. The number of nitrogens with zero attached hydrogens (tertiary/aromatic N) is 1. The summed E-state index contributed by atoms with van der Waals surface area (Å²) in [6.07, 6.45) is 7.75. The molecule has 6 nitrogen and oxygen atoms in total. The highest BCUT2D eigenvalue weighted by Gasteiger charge is 2.23. The van der Waals surface area contributed by atoms with E-state index in [1.807, 2.05) is 44.2 Å². The van der Waals surface area contributed by atoms with Gasteiger partial charge in [0.1, 0.15) is 0 Å². The number of carbonyl (C=O) groups is 2. The van der Waals surface area contributed by atoms with E-state index in [1.165, 1.54) is 19.3 Å². The number of hydrazine groups is 1. The van der Waals surface area contributed by atoms with Crippen molar-refractivity contribution in [1.82, 2.24) is 20.4 Å². The van der Waals surface area contributed by atoms with Crippen LogP contribution in [-0.4, -0.2) is 21.4 Å². The van der Waals surface area contributed by atoms with Crippen LogP contribution in [0.25, 0.3) is 10.9 Å². The Morgan fingerprint density at radius 1 is 1.00 bits per heavy atom. The number of H-pyrrole nitrogens is 1. The number of hydrogen-bond donors (Lipinski definition) is 3. The van der Waals surface area contributed by atoms with Crippen molar-refractivity contribution < 1.29 is 9.59 Å². The van der Waals surface area contributed by atoms with Gasteiger partial charge in [-0.3, -0.25) is 20.4 Å². The predicted octanol–water partition coefficient (Wildman–Crippen LogP) is 4.17. The molecule has 1 fully saturated rings. The Labute approximate surface area is 164 Å². The number of aryl methyl sites for hydroxylation is 1. The zero-order chi connectivity index (χ0) is 19.7. The highest BCUT2D eigenvalue weighted by molar-refractivity contribution is 6.07. The maximum absolute atomic E-state index is 12.7. The number of aromatic amines is 1. The molecule has 0 spiro atoms. The topological polar surface area (TPSA) is 78.9 Å². The standard InChI is InChI=1S/C22H26N4O2/c1-14-12-18(15(2)26(14)16-8-4-3-5-9-16)21(27)24-25-22(28)19-13-23-20-11-7-6-10-17(19)20/h6-7,10-13,16,23H,3-5,8-9H2,1-2H3,(H,24,27)(H,25,28). The molecule has 4 rings (SSSR count). The van der Waals surface area contributed by atoms with Crippen molar-refractivity contribution in [3.63, 3.8) is 0 Å². The van der Waals surface area contributed by atoms with Gasteiger partial charge < -0.3 is 9.55 Å². The fourth-order valence-corrected chi connectivity index (χ4v) is 4.42. The quantitative estimate of drug-likeness (QED) is 0.598. The summed E-state index contributed by atoms with van der Waals surface area (Å²) in [6.45, 7) is 4.03. The molecule has 2 amide bonds. The molecule has 3 aromatic rings. The summed E-state index contributed by atoms with van der Waals surface area (Å²) in [5.74, 6) is -0.629. The minimum Gasteiger partial charge on any atom is -0.360 e. The lowest BCUT2D eigenvalue weighted by atomic mass is 9.95. The van der Waals surface area contributed by atoms with Gasteiger partial charge in [-0.1, -0.05) is 37.5 Å². The van der Waals surface area contributed by atoms with Crippen LogP contribution < -0.4 is 10.9 Å². The highest BCUT2D eigenvalue weighted by atomic mass is 16.2. The first-order valence-corrected chi connectivity index (χ1v) is 9.91. The van der Waals surface area contributed by atoms with Gasteiger partial charge in [0, 0.05) is 34.5 Å². The molecule has 1 aliphatic rings. The highest BCUT2D eigenvalue weighted by Crippen LogP contribution is 2.32. The molecule has 1 aromatic carbocycles. The maximum atomic E-state index is 12.7. The van der Waals surface area contributed by atoms with Gasteiger partial charge in [-0.15, -0.1) is 0 Å². The minimum atomic E-state index is -0.341. The van der Waals surface area contributed by atoms with Crippen LogP contribution in [0.2, 0.25) is 0 Å². The average Bonchev–Trinajstić information content (AvgIpc) is 3.27. The normalized spacial score (nSPS) is 14.9. The fourth-order valence-electron chi connectivity index (χ4n) is 4.42. The summed E-state index contributed by atoms with van der Waals surface area (Å²) in [6, 6.07) is 9.95. The van der Waals surface area contributed by atoms with E-state index in [4.69, 9.17) is 0 Å². The van der Waals surface area contributed by atoms with Gasteiger partial charge in [-0.05, 0) is 38.8 Å². The van der Waals surface area contributed by atoms with E-state index in [-0.39, 0.29) is 11.8 Å². The molecule has 2 aromatic heterocycles. The SMILES string of the molecule is Cc1cc(C(=O)NNC(=O)c2c[nH]c3ccccc23)c(C)n1C1CCCCC1. The smallest absolute Gasteiger partial charge is 0.271 e. The summed E-state index contributed by atoms with van der Waals surface area (Å²) in [5, 5.41) is 0.824. The van der Waals surface area contributed by atoms with E-state index in [9.17, 15) is 9.59 Å². The molecule has 0 atom stereocenters. The Kier molecular flexibility index (Phi) is 4.94. The first-order valence-electron chi connectivity index (χ1n) is 9.91. The van der Waals surface area contributed by atoms with Gasteiger partial charge in [0.15, 0.2) is 0 Å². The molecule has 146 valence electrons. The van der Waals surface area contributed by atoms with Crippen LogP contribution in [0, 0.1) is 13.8 Å².